The van der Waals surface area contributed by atoms with Crippen LogP contribution in [0.3, 0.4) is 0 Å². The number of fused-ring (bicyclic) bond motifs is 1. The van der Waals surface area contributed by atoms with E-state index in [9.17, 15) is 24.3 Å². The molecule has 0 aliphatic rings. The summed E-state index contributed by atoms with van der Waals surface area (Å²) < 4.78 is 0. The average molecular weight is 529 g/mol. The average Bonchev–Trinajstić information content (AvgIpc) is 3.31. The third-order valence-corrected chi connectivity index (χ3v) is 6.63. The number of amides is 3. The Bertz CT molecular complexity index is 1020. The summed E-state index contributed by atoms with van der Waals surface area (Å²) in [6, 6.07) is 6.38. The molecule has 0 radical (unpaired) electrons. The lowest BCUT2D eigenvalue weighted by Crippen LogP contribution is -2.47. The van der Waals surface area contributed by atoms with Gasteiger partial charge in [0.05, 0.1) is 13.1 Å². The van der Waals surface area contributed by atoms with Crippen LogP contribution in [0.1, 0.15) is 89.5 Å². The Morgan fingerprint density at radius 3 is 2.03 bits per heavy atom. The van der Waals surface area contributed by atoms with Gasteiger partial charge in [-0.25, -0.2) is 4.79 Å². The summed E-state index contributed by atoms with van der Waals surface area (Å²) in [6.45, 7) is 1.64. The van der Waals surface area contributed by atoms with Crippen molar-refractivity contribution in [1.29, 1.82) is 0 Å². The molecule has 3 amide bonds. The van der Waals surface area contributed by atoms with Crippen LogP contribution in [0.25, 0.3) is 10.9 Å². The van der Waals surface area contributed by atoms with Crippen LogP contribution >= 0.6 is 0 Å². The molecule has 5 N–H and O–H groups in total. The Morgan fingerprint density at radius 2 is 1.37 bits per heavy atom. The van der Waals surface area contributed by atoms with E-state index in [4.69, 9.17) is 0 Å². The number of hydrogen-bond acceptors (Lipinski definition) is 4. The Balaban J connectivity index is 1.54. The van der Waals surface area contributed by atoms with Crippen molar-refractivity contribution in [2.24, 2.45) is 0 Å². The molecule has 0 fully saturated rings. The van der Waals surface area contributed by atoms with Gasteiger partial charge in [-0.15, -0.1) is 0 Å². The molecule has 0 saturated heterocycles. The second-order valence-electron chi connectivity index (χ2n) is 9.86. The standard InChI is InChI=1S/C29H44N4O5/c1-2-3-4-5-6-7-8-9-10-11-12-17-26(34)31-20-27(35)32-21-28(36)33-25(29(37)38)18-22-19-30-24-16-14-13-15-23(22)24/h13-16,19,25,30H,2-12,17-18,20-21H2,1H3,(H,31,34)(H,32,35)(H,33,36)(H,37,38)/t25-/m0/s1. The fraction of sp³-hybridized carbons (Fsp3) is 0.586. The number of carboxylic acids is 1. The van der Waals surface area contributed by atoms with Crippen LogP contribution in [0, 0.1) is 0 Å². The molecule has 0 aliphatic heterocycles. The number of aromatic nitrogens is 1. The van der Waals surface area contributed by atoms with Crippen molar-refractivity contribution in [1.82, 2.24) is 20.9 Å². The van der Waals surface area contributed by atoms with Gasteiger partial charge in [0.15, 0.2) is 0 Å². The summed E-state index contributed by atoms with van der Waals surface area (Å²) in [4.78, 5) is 51.0. The Morgan fingerprint density at radius 1 is 0.789 bits per heavy atom. The van der Waals surface area contributed by atoms with E-state index >= 15 is 0 Å². The molecule has 1 heterocycles. The molecule has 2 rings (SSSR count). The van der Waals surface area contributed by atoms with Gasteiger partial charge in [-0.3, -0.25) is 14.4 Å². The monoisotopic (exact) mass is 528 g/mol. The van der Waals surface area contributed by atoms with Crippen LogP contribution in [0.2, 0.25) is 0 Å². The molecule has 1 aromatic heterocycles. The molecule has 0 saturated carbocycles. The summed E-state index contributed by atoms with van der Waals surface area (Å²) >= 11 is 0. The van der Waals surface area contributed by atoms with E-state index in [1.165, 1.54) is 51.4 Å². The highest BCUT2D eigenvalue weighted by Gasteiger charge is 2.22. The largest absolute Gasteiger partial charge is 0.480 e. The van der Waals surface area contributed by atoms with Crippen LogP contribution in [-0.4, -0.2) is 52.9 Å². The number of benzene rings is 1. The van der Waals surface area contributed by atoms with E-state index in [1.54, 1.807) is 6.20 Å². The maximum atomic E-state index is 12.2. The quantitative estimate of drug-likeness (QED) is 0.164. The highest BCUT2D eigenvalue weighted by atomic mass is 16.4. The molecule has 0 unspecified atom stereocenters. The van der Waals surface area contributed by atoms with Crippen LogP contribution in [0.15, 0.2) is 30.5 Å². The number of rotatable bonds is 20. The minimum absolute atomic E-state index is 0.105. The zero-order chi connectivity index (χ0) is 27.6. The third-order valence-electron chi connectivity index (χ3n) is 6.63. The maximum absolute atomic E-state index is 12.2. The molecule has 210 valence electrons. The molecular weight excluding hydrogens is 484 g/mol. The number of aromatic amines is 1. The number of hydrogen-bond donors (Lipinski definition) is 5. The van der Waals surface area contributed by atoms with E-state index in [0.29, 0.717) is 6.42 Å². The number of aliphatic carboxylic acids is 1. The molecule has 0 bridgehead atoms. The number of nitrogens with one attached hydrogen (secondary N) is 4. The fourth-order valence-electron chi connectivity index (χ4n) is 4.42. The summed E-state index contributed by atoms with van der Waals surface area (Å²) in [5.74, 6) is -2.47. The number of carboxylic acid groups (broad SMARTS) is 1. The van der Waals surface area contributed by atoms with E-state index in [2.05, 4.69) is 27.9 Å². The second kappa shape index (κ2) is 18.0. The van der Waals surface area contributed by atoms with Gasteiger partial charge in [0.1, 0.15) is 6.04 Å². The van der Waals surface area contributed by atoms with Crippen LogP contribution in [0.4, 0.5) is 0 Å². The van der Waals surface area contributed by atoms with Gasteiger partial charge >= 0.3 is 5.97 Å². The summed E-state index contributed by atoms with van der Waals surface area (Å²) in [5, 5.41) is 17.9. The highest BCUT2D eigenvalue weighted by Crippen LogP contribution is 2.19. The Labute approximate surface area is 225 Å². The van der Waals surface area contributed by atoms with E-state index < -0.39 is 23.8 Å². The normalized spacial score (nSPS) is 11.7. The molecule has 9 nitrogen and oxygen atoms in total. The van der Waals surface area contributed by atoms with Crippen LogP contribution in [0.5, 0.6) is 0 Å². The first-order chi connectivity index (χ1) is 18.4. The first-order valence-electron chi connectivity index (χ1n) is 14.0. The summed E-state index contributed by atoms with van der Waals surface area (Å²) in [6.07, 6.45) is 15.5. The van der Waals surface area contributed by atoms with E-state index in [-0.39, 0.29) is 25.4 Å². The SMILES string of the molecule is CCCCCCCCCCCCCC(=O)NCC(=O)NCC(=O)N[C@@H](Cc1c[nH]c2ccccc12)C(=O)O. The second-order valence-corrected chi connectivity index (χ2v) is 9.86. The minimum atomic E-state index is -1.16. The topological polar surface area (TPSA) is 140 Å². The van der Waals surface area contributed by atoms with Gasteiger partial charge in [0.2, 0.25) is 17.7 Å². The molecule has 1 atom stereocenters. The highest BCUT2D eigenvalue weighted by molar-refractivity contribution is 5.90. The Kier molecular flexibility index (Phi) is 14.6. The molecule has 9 heteroatoms. The summed E-state index contributed by atoms with van der Waals surface area (Å²) in [7, 11) is 0. The minimum Gasteiger partial charge on any atom is -0.480 e. The van der Waals surface area contributed by atoms with Crippen molar-refractivity contribution in [3.8, 4) is 0 Å². The molecule has 38 heavy (non-hydrogen) atoms. The fourth-order valence-corrected chi connectivity index (χ4v) is 4.42. The number of H-pyrrole nitrogens is 1. The zero-order valence-corrected chi connectivity index (χ0v) is 22.7. The first-order valence-corrected chi connectivity index (χ1v) is 14.0. The first kappa shape index (κ1) is 30.9. The smallest absolute Gasteiger partial charge is 0.326 e. The molecule has 0 spiro atoms. The predicted octanol–water partition coefficient (Wildman–Crippen LogP) is 4.21. The van der Waals surface area contributed by atoms with Gasteiger partial charge in [-0.2, -0.15) is 0 Å². The van der Waals surface area contributed by atoms with Gasteiger partial charge in [0.25, 0.3) is 0 Å². The summed E-state index contributed by atoms with van der Waals surface area (Å²) in [5.41, 5.74) is 1.66. The van der Waals surface area contributed by atoms with Crippen molar-refractivity contribution < 1.29 is 24.3 Å². The number of para-hydroxylation sites is 1. The van der Waals surface area contributed by atoms with Crippen molar-refractivity contribution >= 4 is 34.6 Å². The molecule has 1 aromatic carbocycles. The van der Waals surface area contributed by atoms with Gasteiger partial charge < -0.3 is 26.0 Å². The van der Waals surface area contributed by atoms with Gasteiger partial charge in [-0.1, -0.05) is 89.3 Å². The van der Waals surface area contributed by atoms with Gasteiger partial charge in [-0.05, 0) is 18.1 Å². The maximum Gasteiger partial charge on any atom is 0.326 e. The van der Waals surface area contributed by atoms with Crippen LogP contribution < -0.4 is 16.0 Å². The van der Waals surface area contributed by atoms with Crippen LogP contribution in [-0.2, 0) is 25.6 Å². The predicted molar refractivity (Wildman–Crippen MR) is 149 cm³/mol. The number of carbonyl (C=O) groups is 4. The van der Waals surface area contributed by atoms with Crippen molar-refractivity contribution in [3.63, 3.8) is 0 Å². The third kappa shape index (κ3) is 12.3. The zero-order valence-electron chi connectivity index (χ0n) is 22.7. The van der Waals surface area contributed by atoms with Crippen molar-refractivity contribution in [2.75, 3.05) is 13.1 Å². The van der Waals surface area contributed by atoms with Gasteiger partial charge in [0, 0.05) is 29.9 Å². The molecule has 2 aromatic rings. The number of carbonyl (C=O) groups excluding carboxylic acids is 3. The molecule has 0 aliphatic carbocycles. The lowest BCUT2D eigenvalue weighted by molar-refractivity contribution is -0.141. The lowest BCUT2D eigenvalue weighted by atomic mass is 10.1. The Hall–Kier alpha value is -3.36. The van der Waals surface area contributed by atoms with Crippen molar-refractivity contribution in [2.45, 2.75) is 96.4 Å². The van der Waals surface area contributed by atoms with E-state index in [0.717, 1.165) is 35.7 Å². The lowest BCUT2D eigenvalue weighted by Gasteiger charge is -2.15. The number of unbranched alkanes of at least 4 members (excludes halogenated alkanes) is 10. The van der Waals surface area contributed by atoms with Crippen molar-refractivity contribution in [3.05, 3.63) is 36.0 Å². The molecular formula is C29H44N4O5. The van der Waals surface area contributed by atoms with E-state index in [1.807, 2.05) is 24.3 Å².